The van der Waals surface area contributed by atoms with Crippen LogP contribution in [0.1, 0.15) is 42.9 Å². The first-order chi connectivity index (χ1) is 7.13. The molecule has 0 unspecified atom stereocenters. The van der Waals surface area contributed by atoms with Gasteiger partial charge < -0.3 is 4.74 Å². The molecule has 15 heavy (non-hydrogen) atoms. The van der Waals surface area contributed by atoms with Crippen LogP contribution < -0.4 is 4.74 Å². The average molecular weight is 226 g/mol. The first-order valence-electron chi connectivity index (χ1n) is 5.41. The van der Waals surface area contributed by atoms with Crippen molar-refractivity contribution >= 4 is 17.3 Å². The molecular formula is C12H18O2S. The highest BCUT2D eigenvalue weighted by Crippen LogP contribution is 2.29. The summed E-state index contributed by atoms with van der Waals surface area (Å²) in [6.07, 6.45) is 4.82. The maximum Gasteiger partial charge on any atom is 0.308 e. The Labute approximate surface area is 95.3 Å². The normalized spacial score (nSPS) is 10.3. The zero-order valence-corrected chi connectivity index (χ0v) is 10.4. The SMILES string of the molecule is CCCCCc1cc(OC(C)=O)c(C)s1. The number of carbonyl (C=O) groups is 1. The summed E-state index contributed by atoms with van der Waals surface area (Å²) in [7, 11) is 0. The Bertz CT molecular complexity index is 328. The molecule has 0 N–H and O–H groups in total. The van der Waals surface area contributed by atoms with Crippen molar-refractivity contribution in [2.24, 2.45) is 0 Å². The molecular weight excluding hydrogens is 208 g/mol. The van der Waals surface area contributed by atoms with E-state index in [0.29, 0.717) is 0 Å². The molecule has 0 aliphatic carbocycles. The molecule has 1 rings (SSSR count). The number of rotatable bonds is 5. The van der Waals surface area contributed by atoms with Gasteiger partial charge in [-0.15, -0.1) is 11.3 Å². The van der Waals surface area contributed by atoms with Crippen molar-refractivity contribution in [1.82, 2.24) is 0 Å². The summed E-state index contributed by atoms with van der Waals surface area (Å²) < 4.78 is 5.10. The standard InChI is InChI=1S/C12H18O2S/c1-4-5-6-7-11-8-12(9(2)15-11)14-10(3)13/h8H,4-7H2,1-3H3. The van der Waals surface area contributed by atoms with Crippen LogP contribution in [0, 0.1) is 6.92 Å². The van der Waals surface area contributed by atoms with Crippen molar-refractivity contribution in [2.45, 2.75) is 46.5 Å². The molecule has 0 aliphatic rings. The Morgan fingerprint density at radius 3 is 2.80 bits per heavy atom. The summed E-state index contributed by atoms with van der Waals surface area (Å²) in [5, 5.41) is 0. The summed E-state index contributed by atoms with van der Waals surface area (Å²) >= 11 is 1.73. The topological polar surface area (TPSA) is 26.3 Å². The highest BCUT2D eigenvalue weighted by atomic mass is 32.1. The lowest BCUT2D eigenvalue weighted by Gasteiger charge is -1.97. The summed E-state index contributed by atoms with van der Waals surface area (Å²) in [6, 6.07) is 2.00. The monoisotopic (exact) mass is 226 g/mol. The molecule has 1 aromatic heterocycles. The van der Waals surface area contributed by atoms with Gasteiger partial charge in [0.2, 0.25) is 0 Å². The lowest BCUT2D eigenvalue weighted by Crippen LogP contribution is -2.00. The number of hydrogen-bond acceptors (Lipinski definition) is 3. The second kappa shape index (κ2) is 5.91. The lowest BCUT2D eigenvalue weighted by atomic mass is 10.2. The van der Waals surface area contributed by atoms with Crippen molar-refractivity contribution in [3.8, 4) is 5.75 Å². The van der Waals surface area contributed by atoms with Gasteiger partial charge in [-0.3, -0.25) is 4.79 Å². The van der Waals surface area contributed by atoms with Crippen LogP contribution in [-0.4, -0.2) is 5.97 Å². The van der Waals surface area contributed by atoms with Crippen LogP contribution >= 0.6 is 11.3 Å². The van der Waals surface area contributed by atoms with Gasteiger partial charge in [0.1, 0.15) is 5.75 Å². The molecule has 0 aliphatic heterocycles. The van der Waals surface area contributed by atoms with Crippen LogP contribution in [0.2, 0.25) is 0 Å². The second-order valence-corrected chi connectivity index (χ2v) is 5.02. The largest absolute Gasteiger partial charge is 0.426 e. The molecule has 84 valence electrons. The Morgan fingerprint density at radius 1 is 1.47 bits per heavy atom. The summed E-state index contributed by atoms with van der Waals surface area (Å²) in [5.41, 5.74) is 0. The van der Waals surface area contributed by atoms with Crippen LogP contribution in [0.15, 0.2) is 6.07 Å². The molecule has 0 aromatic carbocycles. The van der Waals surface area contributed by atoms with Crippen LogP contribution in [-0.2, 0) is 11.2 Å². The predicted octanol–water partition coefficient (Wildman–Crippen LogP) is 3.71. The van der Waals surface area contributed by atoms with Crippen molar-refractivity contribution in [2.75, 3.05) is 0 Å². The van der Waals surface area contributed by atoms with Crippen LogP contribution in [0.25, 0.3) is 0 Å². The summed E-state index contributed by atoms with van der Waals surface area (Å²) in [6.45, 7) is 5.63. The fourth-order valence-electron chi connectivity index (χ4n) is 1.45. The molecule has 0 saturated heterocycles. The van der Waals surface area contributed by atoms with E-state index < -0.39 is 0 Å². The number of esters is 1. The zero-order chi connectivity index (χ0) is 11.3. The van der Waals surface area contributed by atoms with Crippen molar-refractivity contribution in [3.05, 3.63) is 15.8 Å². The van der Waals surface area contributed by atoms with Gasteiger partial charge in [0, 0.05) is 16.7 Å². The third-order valence-corrected chi connectivity index (χ3v) is 3.30. The molecule has 0 fully saturated rings. The Kier molecular flexibility index (Phi) is 4.82. The van der Waals surface area contributed by atoms with Gasteiger partial charge in [-0.25, -0.2) is 0 Å². The third-order valence-electron chi connectivity index (χ3n) is 2.20. The first kappa shape index (κ1) is 12.2. The van der Waals surface area contributed by atoms with Gasteiger partial charge in [-0.1, -0.05) is 19.8 Å². The lowest BCUT2D eigenvalue weighted by molar-refractivity contribution is -0.131. The summed E-state index contributed by atoms with van der Waals surface area (Å²) in [4.78, 5) is 13.2. The quantitative estimate of drug-likeness (QED) is 0.565. The van der Waals surface area contributed by atoms with E-state index in [1.54, 1.807) is 11.3 Å². The number of aryl methyl sites for hydroxylation is 2. The van der Waals surface area contributed by atoms with E-state index in [1.807, 2.05) is 13.0 Å². The van der Waals surface area contributed by atoms with Crippen molar-refractivity contribution < 1.29 is 9.53 Å². The fraction of sp³-hybridized carbons (Fsp3) is 0.583. The number of carbonyl (C=O) groups excluding carboxylic acids is 1. The Hall–Kier alpha value is -0.830. The smallest absolute Gasteiger partial charge is 0.308 e. The molecule has 1 aromatic rings. The highest BCUT2D eigenvalue weighted by molar-refractivity contribution is 7.12. The van der Waals surface area contributed by atoms with Gasteiger partial charge in [0.15, 0.2) is 0 Å². The molecule has 0 spiro atoms. The minimum atomic E-state index is -0.240. The van der Waals surface area contributed by atoms with Gasteiger partial charge in [-0.2, -0.15) is 0 Å². The predicted molar refractivity (Wildman–Crippen MR) is 63.6 cm³/mol. The highest BCUT2D eigenvalue weighted by Gasteiger charge is 2.08. The molecule has 2 nitrogen and oxygen atoms in total. The first-order valence-corrected chi connectivity index (χ1v) is 6.23. The van der Waals surface area contributed by atoms with E-state index >= 15 is 0 Å². The van der Waals surface area contributed by atoms with Gasteiger partial charge >= 0.3 is 5.97 Å². The molecule has 0 saturated carbocycles. The van der Waals surface area contributed by atoms with E-state index in [2.05, 4.69) is 6.92 Å². The Morgan fingerprint density at radius 2 is 2.20 bits per heavy atom. The van der Waals surface area contributed by atoms with Gasteiger partial charge in [0.25, 0.3) is 0 Å². The van der Waals surface area contributed by atoms with E-state index in [0.717, 1.165) is 17.0 Å². The second-order valence-electron chi connectivity index (χ2n) is 3.68. The van der Waals surface area contributed by atoms with Crippen molar-refractivity contribution in [1.29, 1.82) is 0 Å². The average Bonchev–Trinajstić information content (AvgIpc) is 2.47. The van der Waals surface area contributed by atoms with Crippen LogP contribution in [0.3, 0.4) is 0 Å². The molecule has 0 bridgehead atoms. The molecule has 0 amide bonds. The van der Waals surface area contributed by atoms with E-state index in [-0.39, 0.29) is 5.97 Å². The van der Waals surface area contributed by atoms with Gasteiger partial charge in [0.05, 0.1) is 0 Å². The minimum absolute atomic E-state index is 0.240. The van der Waals surface area contributed by atoms with Crippen LogP contribution in [0.4, 0.5) is 0 Å². The maximum absolute atomic E-state index is 10.8. The van der Waals surface area contributed by atoms with E-state index in [1.165, 1.54) is 31.1 Å². The van der Waals surface area contributed by atoms with E-state index in [4.69, 9.17) is 4.74 Å². The molecule has 3 heteroatoms. The number of thiophene rings is 1. The van der Waals surface area contributed by atoms with Gasteiger partial charge in [-0.05, 0) is 25.8 Å². The van der Waals surface area contributed by atoms with Crippen LogP contribution in [0.5, 0.6) is 5.75 Å². The van der Waals surface area contributed by atoms with E-state index in [9.17, 15) is 4.79 Å². The number of unbranched alkanes of at least 4 members (excludes halogenated alkanes) is 2. The molecule has 0 radical (unpaired) electrons. The Balaban J connectivity index is 2.56. The number of ether oxygens (including phenoxy) is 1. The van der Waals surface area contributed by atoms with Crippen molar-refractivity contribution in [3.63, 3.8) is 0 Å². The maximum atomic E-state index is 10.8. The molecule has 1 heterocycles. The summed E-state index contributed by atoms with van der Waals surface area (Å²) in [5.74, 6) is 0.495. The fourth-order valence-corrected chi connectivity index (χ4v) is 2.46. The third kappa shape index (κ3) is 4.04. The zero-order valence-electron chi connectivity index (χ0n) is 9.63. The molecule has 0 atom stereocenters. The number of hydrogen-bond donors (Lipinski definition) is 0. The minimum Gasteiger partial charge on any atom is -0.426 e.